The number of carbonyl (C=O) groups excluding carboxylic acids is 3. The van der Waals surface area contributed by atoms with Gasteiger partial charge < -0.3 is 20.7 Å². The molecule has 214 valence electrons. The van der Waals surface area contributed by atoms with E-state index in [0.717, 1.165) is 27.3 Å². The van der Waals surface area contributed by atoms with Gasteiger partial charge in [-0.2, -0.15) is 0 Å². The Labute approximate surface area is 250 Å². The summed E-state index contributed by atoms with van der Waals surface area (Å²) >= 11 is 1.36. The van der Waals surface area contributed by atoms with Crippen molar-refractivity contribution in [2.24, 2.45) is 0 Å². The van der Waals surface area contributed by atoms with Crippen LogP contribution in [0, 0.1) is 13.8 Å². The van der Waals surface area contributed by atoms with Gasteiger partial charge in [0.1, 0.15) is 11.4 Å². The van der Waals surface area contributed by atoms with Crippen molar-refractivity contribution >= 4 is 46.9 Å². The molecule has 8 heteroatoms. The van der Waals surface area contributed by atoms with E-state index in [1.807, 2.05) is 63.2 Å². The van der Waals surface area contributed by atoms with Crippen molar-refractivity contribution in [1.82, 2.24) is 5.32 Å². The zero-order valence-electron chi connectivity index (χ0n) is 23.8. The van der Waals surface area contributed by atoms with Gasteiger partial charge in [0.25, 0.3) is 11.8 Å². The molecule has 0 unspecified atom stereocenters. The Kier molecular flexibility index (Phi) is 10.6. The summed E-state index contributed by atoms with van der Waals surface area (Å²) in [6.45, 7) is 6.44. The van der Waals surface area contributed by atoms with Gasteiger partial charge in [-0.1, -0.05) is 48.5 Å². The van der Waals surface area contributed by atoms with Crippen LogP contribution in [0.4, 0.5) is 11.4 Å². The van der Waals surface area contributed by atoms with Crippen molar-refractivity contribution in [2.45, 2.75) is 25.7 Å². The molecule has 0 heterocycles. The van der Waals surface area contributed by atoms with Gasteiger partial charge >= 0.3 is 0 Å². The molecule has 0 fully saturated rings. The summed E-state index contributed by atoms with van der Waals surface area (Å²) in [5, 5.41) is 8.58. The molecule has 0 saturated carbocycles. The van der Waals surface area contributed by atoms with Gasteiger partial charge in [-0.25, -0.2) is 0 Å². The number of amides is 3. The summed E-state index contributed by atoms with van der Waals surface area (Å²) in [6.07, 6.45) is 1.61. The maximum atomic E-state index is 13.4. The number of carbonyl (C=O) groups is 3. The zero-order chi connectivity index (χ0) is 29.9. The normalized spacial score (nSPS) is 11.0. The van der Waals surface area contributed by atoms with Crippen molar-refractivity contribution < 1.29 is 19.1 Å². The molecule has 0 aliphatic heterocycles. The molecule has 7 nitrogen and oxygen atoms in total. The lowest BCUT2D eigenvalue weighted by Crippen LogP contribution is -2.30. The first-order chi connectivity index (χ1) is 20.3. The molecular formula is C34H33N3O4S. The van der Waals surface area contributed by atoms with Crippen LogP contribution in [0.15, 0.2) is 108 Å². The molecule has 4 rings (SSSR count). The van der Waals surface area contributed by atoms with Crippen LogP contribution in [0.25, 0.3) is 6.08 Å². The van der Waals surface area contributed by atoms with Crippen LogP contribution in [-0.2, 0) is 9.59 Å². The molecule has 4 aromatic carbocycles. The minimum Gasteiger partial charge on any atom is -0.494 e. The lowest BCUT2D eigenvalue weighted by Gasteiger charge is -2.13. The molecule has 0 aliphatic rings. The van der Waals surface area contributed by atoms with E-state index in [-0.39, 0.29) is 17.4 Å². The number of aryl methyl sites for hydroxylation is 1. The molecule has 0 spiro atoms. The predicted octanol–water partition coefficient (Wildman–Crippen LogP) is 6.84. The fourth-order valence-electron chi connectivity index (χ4n) is 4.02. The quantitative estimate of drug-likeness (QED) is 0.134. The lowest BCUT2D eigenvalue weighted by molar-refractivity contribution is -0.114. The largest absolute Gasteiger partial charge is 0.494 e. The Bertz CT molecular complexity index is 1580. The summed E-state index contributed by atoms with van der Waals surface area (Å²) in [5.74, 6) is -0.0794. The number of hydrogen-bond acceptors (Lipinski definition) is 5. The Morgan fingerprint density at radius 3 is 2.31 bits per heavy atom. The Hall–Kier alpha value is -4.82. The van der Waals surface area contributed by atoms with E-state index >= 15 is 0 Å². The highest BCUT2D eigenvalue weighted by Gasteiger charge is 2.16. The average Bonchev–Trinajstić information content (AvgIpc) is 3.00. The molecule has 0 saturated heterocycles. The number of ether oxygens (including phenoxy) is 1. The smallest absolute Gasteiger partial charge is 0.272 e. The van der Waals surface area contributed by atoms with Crippen LogP contribution >= 0.6 is 11.8 Å². The zero-order valence-corrected chi connectivity index (χ0v) is 24.6. The minimum absolute atomic E-state index is 0.0824. The highest BCUT2D eigenvalue weighted by atomic mass is 32.2. The first kappa shape index (κ1) is 30.1. The Morgan fingerprint density at radius 1 is 0.833 bits per heavy atom. The van der Waals surface area contributed by atoms with Crippen molar-refractivity contribution in [3.63, 3.8) is 0 Å². The van der Waals surface area contributed by atoms with E-state index in [1.165, 1.54) is 11.8 Å². The van der Waals surface area contributed by atoms with E-state index in [4.69, 9.17) is 4.74 Å². The second-order valence-electron chi connectivity index (χ2n) is 9.45. The minimum atomic E-state index is -0.483. The summed E-state index contributed by atoms with van der Waals surface area (Å²) in [7, 11) is 0. The SMILES string of the molecule is CCOc1ccc(/C=C(/NC(=O)c2ccccc2)C(=O)Nc2cccc(SCC(=O)Nc3cccc(C)c3C)c2)cc1. The number of benzene rings is 4. The molecule has 42 heavy (non-hydrogen) atoms. The second-order valence-corrected chi connectivity index (χ2v) is 10.5. The predicted molar refractivity (Wildman–Crippen MR) is 170 cm³/mol. The Balaban J connectivity index is 1.46. The van der Waals surface area contributed by atoms with E-state index in [2.05, 4.69) is 16.0 Å². The summed E-state index contributed by atoms with van der Waals surface area (Å²) in [4.78, 5) is 39.7. The molecule has 0 aromatic heterocycles. The van der Waals surface area contributed by atoms with Crippen LogP contribution in [0.1, 0.15) is 34.0 Å². The molecular weight excluding hydrogens is 546 g/mol. The molecule has 4 aromatic rings. The van der Waals surface area contributed by atoms with Gasteiger partial charge in [-0.3, -0.25) is 14.4 Å². The van der Waals surface area contributed by atoms with E-state index in [1.54, 1.807) is 60.7 Å². The molecule has 0 aliphatic carbocycles. The van der Waals surface area contributed by atoms with Crippen molar-refractivity contribution in [3.05, 3.63) is 125 Å². The topological polar surface area (TPSA) is 96.5 Å². The number of nitrogens with one attached hydrogen (secondary N) is 3. The fourth-order valence-corrected chi connectivity index (χ4v) is 4.77. The van der Waals surface area contributed by atoms with Crippen molar-refractivity contribution in [3.8, 4) is 5.75 Å². The molecule has 3 N–H and O–H groups in total. The lowest BCUT2D eigenvalue weighted by atomic mass is 10.1. The maximum absolute atomic E-state index is 13.4. The van der Waals surface area contributed by atoms with Crippen LogP contribution in [-0.4, -0.2) is 30.1 Å². The van der Waals surface area contributed by atoms with Gasteiger partial charge in [-0.15, -0.1) is 11.8 Å². The number of thioether (sulfide) groups is 1. The van der Waals surface area contributed by atoms with E-state index in [9.17, 15) is 14.4 Å². The Morgan fingerprint density at radius 2 is 1.57 bits per heavy atom. The highest BCUT2D eigenvalue weighted by Crippen LogP contribution is 2.24. The van der Waals surface area contributed by atoms with E-state index < -0.39 is 11.8 Å². The molecule has 3 amide bonds. The fraction of sp³-hybridized carbons (Fsp3) is 0.147. The summed E-state index contributed by atoms with van der Waals surface area (Å²) in [6, 6.07) is 29.0. The second kappa shape index (κ2) is 14.7. The molecule has 0 bridgehead atoms. The van der Waals surface area contributed by atoms with Crippen LogP contribution < -0.4 is 20.7 Å². The van der Waals surface area contributed by atoms with Gasteiger partial charge in [0.15, 0.2) is 0 Å². The summed E-state index contributed by atoms with van der Waals surface area (Å²) < 4.78 is 5.50. The van der Waals surface area contributed by atoms with Gasteiger partial charge in [-0.05, 0) is 92.1 Å². The number of hydrogen-bond donors (Lipinski definition) is 3. The van der Waals surface area contributed by atoms with Gasteiger partial charge in [0.2, 0.25) is 5.91 Å². The third-order valence-electron chi connectivity index (χ3n) is 6.37. The third-order valence-corrected chi connectivity index (χ3v) is 7.37. The van der Waals surface area contributed by atoms with Crippen molar-refractivity contribution in [1.29, 1.82) is 0 Å². The molecule has 0 atom stereocenters. The average molecular weight is 580 g/mol. The standard InChI is InChI=1S/C34H33N3O4S/c1-4-41-28-18-16-25(17-19-28)20-31(37-33(39)26-11-6-5-7-12-26)34(40)35-27-13-9-14-29(21-27)42-22-32(38)36-30-15-8-10-23(2)24(30)3/h5-21H,4,22H2,1-3H3,(H,35,40)(H,36,38)(H,37,39)/b31-20+. The van der Waals surface area contributed by atoms with E-state index in [0.29, 0.717) is 23.6 Å². The van der Waals surface area contributed by atoms with Crippen LogP contribution in [0.2, 0.25) is 0 Å². The van der Waals surface area contributed by atoms with Gasteiger partial charge in [0, 0.05) is 21.8 Å². The highest BCUT2D eigenvalue weighted by molar-refractivity contribution is 8.00. The maximum Gasteiger partial charge on any atom is 0.272 e. The first-order valence-electron chi connectivity index (χ1n) is 13.5. The third kappa shape index (κ3) is 8.59. The number of anilines is 2. The monoisotopic (exact) mass is 579 g/mol. The van der Waals surface area contributed by atoms with Gasteiger partial charge in [0.05, 0.1) is 12.4 Å². The number of rotatable bonds is 11. The van der Waals surface area contributed by atoms with Crippen LogP contribution in [0.5, 0.6) is 5.75 Å². The summed E-state index contributed by atoms with van der Waals surface area (Å²) in [5.41, 5.74) is 4.71. The molecule has 0 radical (unpaired) electrons. The first-order valence-corrected chi connectivity index (χ1v) is 14.5. The van der Waals surface area contributed by atoms with Crippen molar-refractivity contribution in [2.75, 3.05) is 23.0 Å². The van der Waals surface area contributed by atoms with Crippen LogP contribution in [0.3, 0.4) is 0 Å².